The van der Waals surface area contributed by atoms with Gasteiger partial charge in [0.05, 0.1) is 18.7 Å². The van der Waals surface area contributed by atoms with Gasteiger partial charge in [-0.25, -0.2) is 9.07 Å². The molecule has 90 valence electrons. The third-order valence-corrected chi connectivity index (χ3v) is 2.54. The van der Waals surface area contributed by atoms with E-state index in [-0.39, 0.29) is 11.1 Å². The maximum Gasteiger partial charge on any atom is 0.149 e. The summed E-state index contributed by atoms with van der Waals surface area (Å²) in [7, 11) is 1.52. The van der Waals surface area contributed by atoms with Gasteiger partial charge >= 0.3 is 0 Å². The van der Waals surface area contributed by atoms with Gasteiger partial charge in [-0.15, -0.1) is 16.7 Å². The van der Waals surface area contributed by atoms with Crippen LogP contribution in [0.5, 0.6) is 5.75 Å². The average molecular weight is 256 g/mol. The third kappa shape index (κ3) is 2.39. The number of aromatic nitrogens is 3. The van der Waals surface area contributed by atoms with Crippen molar-refractivity contribution in [3.63, 3.8) is 0 Å². The smallest absolute Gasteiger partial charge is 0.149 e. The van der Waals surface area contributed by atoms with Gasteiger partial charge in [0.2, 0.25) is 0 Å². The molecule has 1 heterocycles. The van der Waals surface area contributed by atoms with Crippen LogP contribution in [0, 0.1) is 5.82 Å². The summed E-state index contributed by atoms with van der Waals surface area (Å²) in [6, 6.07) is 4.41. The highest BCUT2D eigenvalue weighted by atomic mass is 35.5. The fourth-order valence-corrected chi connectivity index (χ4v) is 1.47. The molecular weight excluding hydrogens is 245 g/mol. The van der Waals surface area contributed by atoms with Crippen LogP contribution in [-0.4, -0.2) is 22.1 Å². The summed E-state index contributed by atoms with van der Waals surface area (Å²) in [5.41, 5.74) is 0.870. The lowest BCUT2D eigenvalue weighted by molar-refractivity contribution is 0.413. The summed E-state index contributed by atoms with van der Waals surface area (Å²) in [5, 5.41) is 7.43. The molecule has 0 bridgehead atoms. The van der Waals surface area contributed by atoms with E-state index in [1.165, 1.54) is 17.9 Å². The van der Waals surface area contributed by atoms with Gasteiger partial charge in [0.15, 0.2) is 0 Å². The van der Waals surface area contributed by atoms with Crippen LogP contribution in [0.3, 0.4) is 0 Å². The minimum atomic E-state index is -0.399. The summed E-state index contributed by atoms with van der Waals surface area (Å²) >= 11 is 5.87. The van der Waals surface area contributed by atoms with Gasteiger partial charge in [0.25, 0.3) is 0 Å². The number of halogens is 2. The predicted molar refractivity (Wildman–Crippen MR) is 62.1 cm³/mol. The Morgan fingerprint density at radius 2 is 2.24 bits per heavy atom. The number of hydrogen-bond donors (Lipinski definition) is 0. The molecule has 1 aromatic carbocycles. The lowest BCUT2D eigenvalue weighted by Gasteiger charge is -2.05. The molecule has 0 radical (unpaired) electrons. The average Bonchev–Trinajstić information content (AvgIpc) is 2.79. The molecule has 1 aromatic heterocycles. The van der Waals surface area contributed by atoms with Crippen LogP contribution < -0.4 is 4.74 Å². The molecule has 0 aliphatic heterocycles. The minimum absolute atomic E-state index is 0.266. The molecule has 0 saturated carbocycles. The van der Waals surface area contributed by atoms with Gasteiger partial charge in [-0.1, -0.05) is 5.21 Å². The topological polar surface area (TPSA) is 39.9 Å². The van der Waals surface area contributed by atoms with Crippen molar-refractivity contribution in [1.82, 2.24) is 15.0 Å². The standard InChI is InChI=1S/C11H11ClFN3O/c1-7(12)10-6-16(15-14-10)11-5-8(17-2)3-4-9(11)13/h3-7H,1-2H3. The molecule has 1 unspecified atom stereocenters. The van der Waals surface area contributed by atoms with E-state index in [0.717, 1.165) is 0 Å². The van der Waals surface area contributed by atoms with E-state index in [1.54, 1.807) is 25.3 Å². The van der Waals surface area contributed by atoms with Gasteiger partial charge in [-0.05, 0) is 19.1 Å². The molecular formula is C11H11ClFN3O. The Labute approximate surface area is 103 Å². The zero-order chi connectivity index (χ0) is 12.4. The quantitative estimate of drug-likeness (QED) is 0.792. The highest BCUT2D eigenvalue weighted by Gasteiger charge is 2.11. The molecule has 0 fully saturated rings. The normalized spacial score (nSPS) is 12.5. The molecule has 2 rings (SSSR count). The summed E-state index contributed by atoms with van der Waals surface area (Å²) in [4.78, 5) is 0. The van der Waals surface area contributed by atoms with Gasteiger partial charge in [0.1, 0.15) is 22.9 Å². The number of rotatable bonds is 3. The summed E-state index contributed by atoms with van der Waals surface area (Å²) in [5.74, 6) is 0.154. The molecule has 4 nitrogen and oxygen atoms in total. The molecule has 0 spiro atoms. The second-order valence-corrected chi connectivity index (χ2v) is 4.18. The van der Waals surface area contributed by atoms with Crippen molar-refractivity contribution in [3.05, 3.63) is 35.9 Å². The number of hydrogen-bond acceptors (Lipinski definition) is 3. The lowest BCUT2D eigenvalue weighted by Crippen LogP contribution is -1.99. The monoisotopic (exact) mass is 255 g/mol. The maximum absolute atomic E-state index is 13.6. The molecule has 2 aromatic rings. The van der Waals surface area contributed by atoms with E-state index in [1.807, 2.05) is 0 Å². The van der Waals surface area contributed by atoms with Gasteiger partial charge in [-0.3, -0.25) is 0 Å². The summed E-state index contributed by atoms with van der Waals surface area (Å²) in [6.07, 6.45) is 1.59. The second-order valence-electron chi connectivity index (χ2n) is 3.52. The number of ether oxygens (including phenoxy) is 1. The van der Waals surface area contributed by atoms with Crippen LogP contribution >= 0.6 is 11.6 Å². The van der Waals surface area contributed by atoms with Crippen molar-refractivity contribution in [2.24, 2.45) is 0 Å². The van der Waals surface area contributed by atoms with Crippen LogP contribution in [0.1, 0.15) is 18.0 Å². The van der Waals surface area contributed by atoms with Crippen molar-refractivity contribution in [3.8, 4) is 11.4 Å². The Balaban J connectivity index is 2.44. The number of methoxy groups -OCH3 is 1. The van der Waals surface area contributed by atoms with Crippen molar-refractivity contribution < 1.29 is 9.13 Å². The van der Waals surface area contributed by atoms with Crippen LogP contribution in [0.25, 0.3) is 5.69 Å². The third-order valence-electron chi connectivity index (χ3n) is 2.32. The first-order chi connectivity index (χ1) is 8.11. The zero-order valence-electron chi connectivity index (χ0n) is 9.39. The Morgan fingerprint density at radius 3 is 2.82 bits per heavy atom. The van der Waals surface area contributed by atoms with Gasteiger partial charge in [-0.2, -0.15) is 0 Å². The summed E-state index contributed by atoms with van der Waals surface area (Å²) in [6.45, 7) is 1.78. The van der Waals surface area contributed by atoms with Crippen LogP contribution in [0.15, 0.2) is 24.4 Å². The predicted octanol–water partition coefficient (Wildman–Crippen LogP) is 2.71. The summed E-state index contributed by atoms with van der Waals surface area (Å²) < 4.78 is 20.0. The van der Waals surface area contributed by atoms with E-state index in [4.69, 9.17) is 16.3 Å². The fraction of sp³-hybridized carbons (Fsp3) is 0.273. The van der Waals surface area contributed by atoms with E-state index >= 15 is 0 Å². The number of nitrogens with zero attached hydrogens (tertiary/aromatic N) is 3. The first kappa shape index (κ1) is 11.9. The number of benzene rings is 1. The molecule has 0 amide bonds. The zero-order valence-corrected chi connectivity index (χ0v) is 10.1. The second kappa shape index (κ2) is 4.71. The first-order valence-corrected chi connectivity index (χ1v) is 5.45. The van der Waals surface area contributed by atoms with Crippen molar-refractivity contribution in [2.75, 3.05) is 7.11 Å². The fourth-order valence-electron chi connectivity index (χ4n) is 1.37. The Hall–Kier alpha value is -1.62. The highest BCUT2D eigenvalue weighted by Crippen LogP contribution is 2.22. The number of alkyl halides is 1. The minimum Gasteiger partial charge on any atom is -0.497 e. The SMILES string of the molecule is COc1ccc(F)c(-n2cc(C(C)Cl)nn2)c1. The van der Waals surface area contributed by atoms with E-state index in [2.05, 4.69) is 10.3 Å². The van der Waals surface area contributed by atoms with Gasteiger partial charge < -0.3 is 4.74 Å². The molecule has 0 aliphatic rings. The van der Waals surface area contributed by atoms with E-state index in [9.17, 15) is 4.39 Å². The van der Waals surface area contributed by atoms with E-state index in [0.29, 0.717) is 11.4 Å². The highest BCUT2D eigenvalue weighted by molar-refractivity contribution is 6.20. The molecule has 6 heteroatoms. The Kier molecular flexibility index (Phi) is 3.28. The van der Waals surface area contributed by atoms with Crippen LogP contribution in [0.4, 0.5) is 4.39 Å². The Bertz CT molecular complexity index is 527. The first-order valence-electron chi connectivity index (χ1n) is 5.02. The lowest BCUT2D eigenvalue weighted by atomic mass is 10.3. The largest absolute Gasteiger partial charge is 0.497 e. The van der Waals surface area contributed by atoms with Crippen molar-refractivity contribution in [2.45, 2.75) is 12.3 Å². The Morgan fingerprint density at radius 1 is 1.47 bits per heavy atom. The maximum atomic E-state index is 13.6. The van der Waals surface area contributed by atoms with Crippen molar-refractivity contribution in [1.29, 1.82) is 0 Å². The molecule has 0 aliphatic carbocycles. The van der Waals surface area contributed by atoms with Crippen LogP contribution in [-0.2, 0) is 0 Å². The molecule has 1 atom stereocenters. The molecule has 0 saturated heterocycles. The molecule has 17 heavy (non-hydrogen) atoms. The van der Waals surface area contributed by atoms with E-state index < -0.39 is 5.82 Å². The molecule has 0 N–H and O–H groups in total. The van der Waals surface area contributed by atoms with Gasteiger partial charge in [0, 0.05) is 6.07 Å². The van der Waals surface area contributed by atoms with Crippen LogP contribution in [0.2, 0.25) is 0 Å². The van der Waals surface area contributed by atoms with Crippen molar-refractivity contribution >= 4 is 11.6 Å².